The van der Waals surface area contributed by atoms with E-state index < -0.39 is 92.9 Å². The normalized spacial score (nSPS) is 51.9. The van der Waals surface area contributed by atoms with Crippen LogP contribution in [0.1, 0.15) is 52.4 Å². The standard InChI is InChI=1S/C31H52O15/c1-3-6-41-19-5-4-14(7-13(19)2)28-18(35)10-16-17(34)8-15(9-20(16)43-28)42-31-29(26(39)24(37)22(12-33)45-31)46-30-27(40)25(38)23(36)21(11-32)44-30/h3,6,13-40H,4-5,7-12H2,1-2H3/p+1. The molecular formula is C31H53O15+. The lowest BCUT2D eigenvalue weighted by Gasteiger charge is -2.48. The molecule has 0 aromatic carbocycles. The van der Waals surface area contributed by atoms with E-state index in [1.165, 1.54) is 0 Å². The van der Waals surface area contributed by atoms with Crippen LogP contribution in [0.5, 0.6) is 0 Å². The third-order valence-corrected chi connectivity index (χ3v) is 10.6. The fourth-order valence-corrected chi connectivity index (χ4v) is 7.95. The maximum absolute atomic E-state index is 11.1. The van der Waals surface area contributed by atoms with Crippen LogP contribution in [0.15, 0.2) is 12.3 Å². The lowest BCUT2D eigenvalue weighted by atomic mass is 9.71. The molecule has 3 heterocycles. The average molecular weight is 666 g/mol. The Kier molecular flexibility index (Phi) is 12.4. The second-order valence-corrected chi connectivity index (χ2v) is 13.7. The molecule has 2 aliphatic carbocycles. The molecule has 15 nitrogen and oxygen atoms in total. The van der Waals surface area contributed by atoms with Crippen molar-refractivity contribution in [3.05, 3.63) is 12.3 Å². The van der Waals surface area contributed by atoms with Crippen LogP contribution in [-0.4, -0.2) is 162 Å². The van der Waals surface area contributed by atoms with E-state index in [9.17, 15) is 46.0 Å². The molecule has 10 N–H and O–H groups in total. The van der Waals surface area contributed by atoms with Gasteiger partial charge in [-0.2, -0.15) is 0 Å². The summed E-state index contributed by atoms with van der Waals surface area (Å²) in [5.41, 5.74) is 0. The van der Waals surface area contributed by atoms with Gasteiger partial charge >= 0.3 is 0 Å². The van der Waals surface area contributed by atoms with Crippen molar-refractivity contribution in [2.45, 2.75) is 150 Å². The largest absolute Gasteiger partial charge is 0.498 e. The number of hydrogen-bond acceptors (Lipinski definition) is 14. The lowest BCUT2D eigenvalue weighted by Crippen LogP contribution is -2.65. The summed E-state index contributed by atoms with van der Waals surface area (Å²) < 4.78 is 34.2. The zero-order valence-corrected chi connectivity index (χ0v) is 26.3. The van der Waals surface area contributed by atoms with Crippen LogP contribution in [-0.2, 0) is 23.7 Å². The highest BCUT2D eigenvalue weighted by Gasteiger charge is 2.55. The van der Waals surface area contributed by atoms with Gasteiger partial charge in [0.25, 0.3) is 0 Å². The van der Waals surface area contributed by atoms with E-state index in [2.05, 4.69) is 6.92 Å². The van der Waals surface area contributed by atoms with Gasteiger partial charge < -0.3 is 74.4 Å². The minimum Gasteiger partial charge on any atom is -0.498 e. The molecule has 46 heavy (non-hydrogen) atoms. The predicted octanol–water partition coefficient (Wildman–Crippen LogP) is -2.85. The number of allylic oxidation sites excluding steroid dienone is 1. The topological polar surface area (TPSA) is 241 Å². The first-order chi connectivity index (χ1) is 22.0. The first-order valence-electron chi connectivity index (χ1n) is 16.5. The molecule has 2 saturated carbocycles. The summed E-state index contributed by atoms with van der Waals surface area (Å²) in [7, 11) is 0. The number of aliphatic hydroxyl groups is 11. The Morgan fingerprint density at radius 3 is 2.07 bits per heavy atom. The van der Waals surface area contributed by atoms with Crippen LogP contribution >= 0.6 is 0 Å². The highest BCUT2D eigenvalue weighted by atomic mass is 16.8. The molecule has 19 unspecified atom stereocenters. The van der Waals surface area contributed by atoms with Gasteiger partial charge in [-0.3, -0.25) is 0 Å². The van der Waals surface area contributed by atoms with Crippen molar-refractivity contribution in [2.75, 3.05) is 13.2 Å². The molecule has 0 radical (unpaired) electrons. The summed E-state index contributed by atoms with van der Waals surface area (Å²) in [5, 5.41) is 94.0. The zero-order chi connectivity index (χ0) is 33.3. The van der Waals surface area contributed by atoms with E-state index in [-0.39, 0.29) is 42.5 Å². The van der Waals surface area contributed by atoms with E-state index in [1.807, 2.05) is 13.0 Å². The van der Waals surface area contributed by atoms with Gasteiger partial charge in [0.15, 0.2) is 24.8 Å². The van der Waals surface area contributed by atoms with Crippen LogP contribution in [0.2, 0.25) is 0 Å². The third kappa shape index (κ3) is 7.58. The highest BCUT2D eigenvalue weighted by Crippen LogP contribution is 2.43. The molecule has 5 fully saturated rings. The summed E-state index contributed by atoms with van der Waals surface area (Å²) in [6, 6.07) is 0. The maximum Gasteiger partial charge on any atom is 0.187 e. The predicted molar refractivity (Wildman–Crippen MR) is 157 cm³/mol. The smallest absolute Gasteiger partial charge is 0.187 e. The van der Waals surface area contributed by atoms with Gasteiger partial charge in [0, 0.05) is 18.8 Å². The Morgan fingerprint density at radius 1 is 0.739 bits per heavy atom. The Hall–Kier alpha value is -1.02. The van der Waals surface area contributed by atoms with Crippen LogP contribution < -0.4 is 0 Å². The fourth-order valence-electron chi connectivity index (χ4n) is 7.95. The molecule has 0 amide bonds. The Balaban J connectivity index is 1.27. The number of aliphatic hydroxyl groups excluding tert-OH is 9. The van der Waals surface area contributed by atoms with E-state index in [4.69, 9.17) is 28.4 Å². The Bertz CT molecular complexity index is 986. The molecule has 0 aromatic rings. The molecule has 19 atom stereocenters. The van der Waals surface area contributed by atoms with Gasteiger partial charge in [0.1, 0.15) is 61.0 Å². The van der Waals surface area contributed by atoms with Crippen molar-refractivity contribution in [3.8, 4) is 0 Å². The van der Waals surface area contributed by atoms with Gasteiger partial charge in [-0.15, -0.1) is 0 Å². The summed E-state index contributed by atoms with van der Waals surface area (Å²) in [6.07, 6.45) is -11.2. The first-order valence-corrected chi connectivity index (χ1v) is 16.5. The molecular weight excluding hydrogens is 612 g/mol. The summed E-state index contributed by atoms with van der Waals surface area (Å²) in [6.45, 7) is 2.70. The van der Waals surface area contributed by atoms with Gasteiger partial charge in [-0.25, -0.2) is 0 Å². The molecule has 5 aliphatic rings. The molecule has 3 saturated heterocycles. The fraction of sp³-hybridized carbons (Fsp3) is 0.935. The van der Waals surface area contributed by atoms with Crippen molar-refractivity contribution in [1.82, 2.24) is 0 Å². The Morgan fingerprint density at radius 2 is 1.41 bits per heavy atom. The Labute approximate surface area is 268 Å². The SMILES string of the molecule is CC=COC1CCC(C2[OH+]C3CC(OC4OC(CO)C(O)C(O)C4OC4OC(CO)C(O)C(O)C4O)CC(O)C3CC2O)CC1C. The summed E-state index contributed by atoms with van der Waals surface area (Å²) in [5.74, 6) is 0.173. The number of fused-ring (bicyclic) bond motifs is 1. The second-order valence-electron chi connectivity index (χ2n) is 13.7. The molecule has 266 valence electrons. The third-order valence-electron chi connectivity index (χ3n) is 10.6. The zero-order valence-electron chi connectivity index (χ0n) is 26.3. The van der Waals surface area contributed by atoms with Crippen LogP contribution in [0.25, 0.3) is 0 Å². The van der Waals surface area contributed by atoms with Crippen LogP contribution in [0.4, 0.5) is 0 Å². The summed E-state index contributed by atoms with van der Waals surface area (Å²) >= 11 is 0. The van der Waals surface area contributed by atoms with Crippen molar-refractivity contribution in [2.24, 2.45) is 17.8 Å². The van der Waals surface area contributed by atoms with Gasteiger partial charge in [-0.1, -0.05) is 13.0 Å². The van der Waals surface area contributed by atoms with E-state index in [1.54, 1.807) is 6.26 Å². The quantitative estimate of drug-likeness (QED) is 0.0890. The average Bonchev–Trinajstić information content (AvgIpc) is 3.04. The molecule has 0 aromatic heterocycles. The van der Waals surface area contributed by atoms with Crippen LogP contribution in [0.3, 0.4) is 0 Å². The summed E-state index contributed by atoms with van der Waals surface area (Å²) in [4.78, 5) is 0. The van der Waals surface area contributed by atoms with E-state index in [0.29, 0.717) is 12.8 Å². The number of ether oxygens (including phenoxy) is 6. The van der Waals surface area contributed by atoms with Gasteiger partial charge in [0.2, 0.25) is 0 Å². The van der Waals surface area contributed by atoms with Crippen molar-refractivity contribution >= 4 is 0 Å². The molecule has 15 heteroatoms. The molecule has 0 spiro atoms. The van der Waals surface area contributed by atoms with Gasteiger partial charge in [0.05, 0.1) is 37.6 Å². The van der Waals surface area contributed by atoms with E-state index >= 15 is 0 Å². The minimum absolute atomic E-state index is 0.112. The maximum atomic E-state index is 11.1. The van der Waals surface area contributed by atoms with Gasteiger partial charge in [-0.05, 0) is 38.5 Å². The van der Waals surface area contributed by atoms with Crippen molar-refractivity contribution in [1.29, 1.82) is 0 Å². The van der Waals surface area contributed by atoms with E-state index in [0.717, 1.165) is 19.3 Å². The molecule has 0 bridgehead atoms. The van der Waals surface area contributed by atoms with Crippen molar-refractivity contribution in [3.63, 3.8) is 0 Å². The number of rotatable bonds is 9. The molecule has 3 aliphatic heterocycles. The second kappa shape index (κ2) is 15.7. The monoisotopic (exact) mass is 665 g/mol. The highest BCUT2D eigenvalue weighted by molar-refractivity contribution is 4.98. The first kappa shape index (κ1) is 36.3. The minimum atomic E-state index is -1.78. The molecule has 5 rings (SSSR count). The lowest BCUT2D eigenvalue weighted by molar-refractivity contribution is -0.376. The number of hydrogen-bond donors (Lipinski definition) is 9. The van der Waals surface area contributed by atoms with Crippen molar-refractivity contribution < 1.29 is 74.4 Å². The van der Waals surface area contributed by atoms with Crippen LogP contribution in [0, 0.1) is 17.8 Å².